The zero-order valence-corrected chi connectivity index (χ0v) is 13.1. The quantitative estimate of drug-likeness (QED) is 0.478. The maximum Gasteiger partial charge on any atom is 1.00 e. The molecule has 0 saturated carbocycles. The monoisotopic (exact) mass is 282 g/mol. The predicted molar refractivity (Wildman–Crippen MR) is 78.9 cm³/mol. The summed E-state index contributed by atoms with van der Waals surface area (Å²) in [6.07, 6.45) is 0. The summed E-state index contributed by atoms with van der Waals surface area (Å²) in [5, 5.41) is 1.77. The molecule has 2 aromatic rings. The molecule has 0 fully saturated rings. The normalized spacial score (nSPS) is 11.7. The zero-order chi connectivity index (χ0) is 13.0. The van der Waals surface area contributed by atoms with Gasteiger partial charge in [0.15, 0.2) is 0 Å². The summed E-state index contributed by atoms with van der Waals surface area (Å²) >= 11 is 1.51. The van der Waals surface area contributed by atoms with E-state index in [0.29, 0.717) is 0 Å². The van der Waals surface area contributed by atoms with E-state index in [1.165, 1.54) is 22.9 Å². The second-order valence-corrected chi connectivity index (χ2v) is 6.68. The largest absolute Gasteiger partial charge is 1.00 e. The molecule has 0 bridgehead atoms. The maximum absolute atomic E-state index is 12.0. The summed E-state index contributed by atoms with van der Waals surface area (Å²) in [7, 11) is -1.06. The molecule has 0 N–H and O–H groups in total. The van der Waals surface area contributed by atoms with Gasteiger partial charge < -0.3 is 11.8 Å². The number of aryl methyl sites for hydroxylation is 2. The molecule has 2 rings (SSSR count). The van der Waals surface area contributed by atoms with Crippen molar-refractivity contribution < 1.29 is 23.1 Å². The Labute approximate surface area is 133 Å². The second-order valence-electron chi connectivity index (χ2n) is 4.14. The standard InChI is InChI=1S/C15H15OS2.Li/c1-12-3-7-14(8-4-12)17-11-18(16)15-9-5-13(2)6-10-15;/h3-11H,1-2H3;/q-1;+1/t18-;/m1./s1. The van der Waals surface area contributed by atoms with Crippen LogP contribution in [0.25, 0.3) is 0 Å². The van der Waals surface area contributed by atoms with Crippen molar-refractivity contribution in [1.82, 2.24) is 0 Å². The van der Waals surface area contributed by atoms with Gasteiger partial charge in [0.1, 0.15) is 0 Å². The molecule has 19 heavy (non-hydrogen) atoms. The fourth-order valence-corrected chi connectivity index (χ4v) is 3.38. The van der Waals surface area contributed by atoms with Crippen molar-refractivity contribution in [2.75, 3.05) is 0 Å². The molecule has 0 radical (unpaired) electrons. The molecule has 1 atom stereocenters. The van der Waals surface area contributed by atoms with E-state index in [2.05, 4.69) is 19.1 Å². The van der Waals surface area contributed by atoms with Crippen molar-refractivity contribution in [2.24, 2.45) is 0 Å². The van der Waals surface area contributed by atoms with E-state index in [0.717, 1.165) is 9.79 Å². The number of rotatable bonds is 4. The van der Waals surface area contributed by atoms with E-state index in [1.807, 2.05) is 43.3 Å². The summed E-state index contributed by atoms with van der Waals surface area (Å²) in [4.78, 5) is 1.96. The molecule has 1 nitrogen and oxygen atoms in total. The smallest absolute Gasteiger partial charge is 0.303 e. The van der Waals surface area contributed by atoms with Crippen LogP contribution in [0, 0.1) is 18.9 Å². The van der Waals surface area contributed by atoms with Crippen molar-refractivity contribution in [2.45, 2.75) is 23.6 Å². The summed E-state index contributed by atoms with van der Waals surface area (Å²) in [6.45, 7) is 4.08. The molecule has 0 amide bonds. The van der Waals surface area contributed by atoms with E-state index >= 15 is 0 Å². The molecular weight excluding hydrogens is 267 g/mol. The van der Waals surface area contributed by atoms with Crippen LogP contribution in [-0.4, -0.2) is 4.21 Å². The molecule has 0 aliphatic rings. The van der Waals surface area contributed by atoms with Crippen LogP contribution < -0.4 is 18.9 Å². The van der Waals surface area contributed by atoms with Gasteiger partial charge >= 0.3 is 18.9 Å². The van der Waals surface area contributed by atoms with Crippen molar-refractivity contribution in [3.63, 3.8) is 0 Å². The van der Waals surface area contributed by atoms with Gasteiger partial charge in [-0.25, -0.2) is 0 Å². The van der Waals surface area contributed by atoms with E-state index in [9.17, 15) is 4.21 Å². The van der Waals surface area contributed by atoms with Gasteiger partial charge in [0.2, 0.25) is 0 Å². The Hall–Kier alpha value is -0.463. The van der Waals surface area contributed by atoms with E-state index in [1.54, 1.807) is 5.08 Å². The molecular formula is C15H15LiOS2. The maximum atomic E-state index is 12.0. The Morgan fingerprint density at radius 2 is 1.37 bits per heavy atom. The molecule has 0 aromatic heterocycles. The van der Waals surface area contributed by atoms with Crippen LogP contribution in [0.15, 0.2) is 58.3 Å². The topological polar surface area (TPSA) is 17.1 Å². The first-order valence-corrected chi connectivity index (χ1v) is 7.78. The molecule has 0 aliphatic heterocycles. The van der Waals surface area contributed by atoms with Gasteiger partial charge in [0.05, 0.1) is 0 Å². The van der Waals surface area contributed by atoms with Gasteiger partial charge in [-0.1, -0.05) is 58.3 Å². The van der Waals surface area contributed by atoms with Crippen LogP contribution in [0.1, 0.15) is 11.1 Å². The Kier molecular flexibility index (Phi) is 6.96. The summed E-state index contributed by atoms with van der Waals surface area (Å²) in [6, 6.07) is 16.0. The Bertz CT molecular complexity index is 535. The number of thioether (sulfide) groups is 1. The van der Waals surface area contributed by atoms with Crippen molar-refractivity contribution in [1.29, 1.82) is 0 Å². The molecule has 0 saturated heterocycles. The van der Waals surface area contributed by atoms with Gasteiger partial charge in [-0.05, 0) is 30.9 Å². The average Bonchev–Trinajstić information content (AvgIpc) is 2.38. The van der Waals surface area contributed by atoms with Crippen LogP contribution >= 0.6 is 11.8 Å². The molecule has 4 heteroatoms. The fraction of sp³-hybridized carbons (Fsp3) is 0.133. The first kappa shape index (κ1) is 16.6. The van der Waals surface area contributed by atoms with Crippen molar-refractivity contribution in [3.8, 4) is 0 Å². The second kappa shape index (κ2) is 7.97. The van der Waals surface area contributed by atoms with Gasteiger partial charge in [0.25, 0.3) is 0 Å². The molecule has 0 aliphatic carbocycles. The molecule has 0 spiro atoms. The van der Waals surface area contributed by atoms with Crippen LogP contribution in [0.3, 0.4) is 0 Å². The zero-order valence-electron chi connectivity index (χ0n) is 11.4. The van der Waals surface area contributed by atoms with Crippen LogP contribution in [0.5, 0.6) is 0 Å². The van der Waals surface area contributed by atoms with Crippen LogP contribution in [-0.2, 0) is 10.8 Å². The van der Waals surface area contributed by atoms with Gasteiger partial charge in [-0.15, -0.1) is 0 Å². The molecule has 0 unspecified atom stereocenters. The average molecular weight is 282 g/mol. The van der Waals surface area contributed by atoms with Gasteiger partial charge in [-0.2, -0.15) is 5.08 Å². The Morgan fingerprint density at radius 1 is 0.895 bits per heavy atom. The third-order valence-electron chi connectivity index (χ3n) is 2.55. The summed E-state index contributed by atoms with van der Waals surface area (Å²) < 4.78 is 12.0. The van der Waals surface area contributed by atoms with E-state index in [-0.39, 0.29) is 18.9 Å². The molecule has 2 aromatic carbocycles. The minimum absolute atomic E-state index is 0. The third-order valence-corrected chi connectivity index (χ3v) is 4.91. The van der Waals surface area contributed by atoms with Gasteiger partial charge in [0, 0.05) is 4.90 Å². The minimum atomic E-state index is -1.06. The van der Waals surface area contributed by atoms with Crippen LogP contribution in [0.4, 0.5) is 0 Å². The Morgan fingerprint density at radius 3 is 1.89 bits per heavy atom. The molecule has 0 heterocycles. The van der Waals surface area contributed by atoms with Crippen molar-refractivity contribution >= 4 is 22.6 Å². The van der Waals surface area contributed by atoms with Gasteiger partial charge in [-0.3, -0.25) is 4.21 Å². The number of hydrogen-bond acceptors (Lipinski definition) is 2. The first-order chi connectivity index (χ1) is 8.65. The fourth-order valence-electron chi connectivity index (χ4n) is 1.44. The van der Waals surface area contributed by atoms with Crippen LogP contribution in [0.2, 0.25) is 0 Å². The van der Waals surface area contributed by atoms with E-state index in [4.69, 9.17) is 0 Å². The number of benzene rings is 2. The Balaban J connectivity index is 0.00000180. The first-order valence-electron chi connectivity index (χ1n) is 5.69. The minimum Gasteiger partial charge on any atom is -0.303 e. The number of hydrogen-bond donors (Lipinski definition) is 0. The third kappa shape index (κ3) is 5.20. The molecule has 94 valence electrons. The summed E-state index contributed by atoms with van der Waals surface area (Å²) in [5.41, 5.74) is 2.42. The van der Waals surface area contributed by atoms with E-state index < -0.39 is 10.8 Å². The predicted octanol–water partition coefficient (Wildman–Crippen LogP) is 1.33. The SMILES string of the molecule is Cc1ccc(S[CH-][S@@](=O)c2ccc(C)cc2)cc1.[Li+]. The van der Waals surface area contributed by atoms with Crippen molar-refractivity contribution in [3.05, 3.63) is 64.7 Å². The summed E-state index contributed by atoms with van der Waals surface area (Å²) in [5.74, 6) is 0.